The van der Waals surface area contributed by atoms with Gasteiger partial charge in [-0.2, -0.15) is 0 Å². The molecule has 0 aromatic heterocycles. The second kappa shape index (κ2) is 11.5. The number of rotatable bonds is 6. The molecule has 11 heteroatoms. The molecule has 1 heterocycles. The average Bonchev–Trinajstić information content (AvgIpc) is 3.04. The van der Waals surface area contributed by atoms with Crippen molar-refractivity contribution >= 4 is 29.8 Å². The molecule has 1 aliphatic carbocycles. The molecule has 1 aliphatic heterocycles. The molecule has 0 spiro atoms. The van der Waals surface area contributed by atoms with Gasteiger partial charge in [0, 0.05) is 19.4 Å². The van der Waals surface area contributed by atoms with Crippen molar-refractivity contribution in [1.82, 2.24) is 0 Å². The molecule has 2 aliphatic rings. The number of carbonyl (C=O) groups is 5. The van der Waals surface area contributed by atoms with Crippen molar-refractivity contribution < 1.29 is 52.8 Å². The Bertz CT molecular complexity index is 1000. The van der Waals surface area contributed by atoms with Crippen LogP contribution in [0.15, 0.2) is 35.5 Å². The first-order valence-electron chi connectivity index (χ1n) is 11.3. The van der Waals surface area contributed by atoms with Crippen molar-refractivity contribution in [2.24, 2.45) is 5.92 Å². The van der Waals surface area contributed by atoms with Gasteiger partial charge in [-0.1, -0.05) is 18.2 Å². The van der Waals surface area contributed by atoms with Crippen LogP contribution in [-0.4, -0.2) is 72.1 Å². The fourth-order valence-electron chi connectivity index (χ4n) is 3.96. The Kier molecular flexibility index (Phi) is 9.20. The van der Waals surface area contributed by atoms with E-state index in [1.165, 1.54) is 13.0 Å². The summed E-state index contributed by atoms with van der Waals surface area (Å²) in [7, 11) is 1.13. The molecule has 0 aromatic carbocycles. The van der Waals surface area contributed by atoms with E-state index in [0.29, 0.717) is 12.8 Å². The largest absolute Gasteiger partial charge is 0.466 e. The first-order chi connectivity index (χ1) is 16.7. The quantitative estimate of drug-likeness (QED) is 0.240. The van der Waals surface area contributed by atoms with Gasteiger partial charge < -0.3 is 28.8 Å². The molecule has 6 unspecified atom stereocenters. The van der Waals surface area contributed by atoms with Gasteiger partial charge in [-0.25, -0.2) is 14.4 Å². The predicted molar refractivity (Wildman–Crippen MR) is 123 cm³/mol. The Morgan fingerprint density at radius 1 is 1.19 bits per heavy atom. The number of aliphatic hydroxyl groups is 1. The molecular weight excluding hydrogens is 476 g/mol. The number of esters is 5. The lowest BCUT2D eigenvalue weighted by Crippen LogP contribution is -2.53. The molecule has 0 bridgehead atoms. The first-order valence-corrected chi connectivity index (χ1v) is 11.3. The van der Waals surface area contributed by atoms with Crippen LogP contribution in [0.1, 0.15) is 47.5 Å². The maximum absolute atomic E-state index is 13.2. The summed E-state index contributed by atoms with van der Waals surface area (Å²) in [4.78, 5) is 61.9. The minimum absolute atomic E-state index is 0.0866. The van der Waals surface area contributed by atoms with E-state index in [9.17, 15) is 29.1 Å². The molecule has 0 saturated carbocycles. The molecule has 0 radical (unpaired) electrons. The highest BCUT2D eigenvalue weighted by Gasteiger charge is 2.52. The third-order valence-corrected chi connectivity index (χ3v) is 6.08. The molecule has 1 saturated heterocycles. The van der Waals surface area contributed by atoms with Gasteiger partial charge in [0.1, 0.15) is 12.2 Å². The fraction of sp³-hybridized carbons (Fsp3) is 0.560. The zero-order chi connectivity index (χ0) is 27.4. The molecule has 36 heavy (non-hydrogen) atoms. The lowest BCUT2D eigenvalue weighted by molar-refractivity contribution is -0.196. The van der Waals surface area contributed by atoms with E-state index in [0.717, 1.165) is 33.5 Å². The Morgan fingerprint density at radius 3 is 2.39 bits per heavy atom. The van der Waals surface area contributed by atoms with Crippen molar-refractivity contribution in [3.63, 3.8) is 0 Å². The average molecular weight is 509 g/mol. The summed E-state index contributed by atoms with van der Waals surface area (Å²) >= 11 is 0. The van der Waals surface area contributed by atoms with E-state index in [1.54, 1.807) is 13.0 Å². The first kappa shape index (κ1) is 28.8. The maximum atomic E-state index is 13.2. The maximum Gasteiger partial charge on any atom is 0.342 e. The van der Waals surface area contributed by atoms with Crippen LogP contribution in [0.25, 0.3) is 0 Å². The van der Waals surface area contributed by atoms with E-state index >= 15 is 0 Å². The number of hydrogen-bond donors (Lipinski definition) is 1. The summed E-state index contributed by atoms with van der Waals surface area (Å²) < 4.78 is 26.4. The second-order valence-corrected chi connectivity index (χ2v) is 8.92. The SMILES string of the molecule is C=C1C(=O)OC2/C=C(\C)CC/C=C(/C(=O)OC)C(OC(C)=O)C(OC(=O)C(C)(O)C(C)OC(C)=O)C12. The zero-order valence-electron chi connectivity index (χ0n) is 21.2. The molecule has 198 valence electrons. The van der Waals surface area contributed by atoms with Gasteiger partial charge in [0.05, 0.1) is 18.6 Å². The number of ether oxygens (including phenoxy) is 5. The van der Waals surface area contributed by atoms with Crippen LogP contribution in [0.3, 0.4) is 0 Å². The smallest absolute Gasteiger partial charge is 0.342 e. The molecular formula is C25H32O11. The van der Waals surface area contributed by atoms with Crippen LogP contribution in [0.4, 0.5) is 0 Å². The van der Waals surface area contributed by atoms with Crippen molar-refractivity contribution in [2.45, 2.75) is 77.5 Å². The predicted octanol–water partition coefficient (Wildman–Crippen LogP) is 1.47. The normalized spacial score (nSPS) is 29.5. The van der Waals surface area contributed by atoms with Crippen molar-refractivity contribution in [3.05, 3.63) is 35.5 Å². The Balaban J connectivity index is 2.68. The van der Waals surface area contributed by atoms with E-state index < -0.39 is 65.8 Å². The molecule has 11 nitrogen and oxygen atoms in total. The van der Waals surface area contributed by atoms with Crippen LogP contribution in [-0.2, 0) is 47.7 Å². The summed E-state index contributed by atoms with van der Waals surface area (Å²) in [6.07, 6.45) is -1.39. The third kappa shape index (κ3) is 6.39. The van der Waals surface area contributed by atoms with Gasteiger partial charge in [-0.05, 0) is 39.7 Å². The number of fused-ring (bicyclic) bond motifs is 1. The van der Waals surface area contributed by atoms with Crippen molar-refractivity contribution in [3.8, 4) is 0 Å². The summed E-state index contributed by atoms with van der Waals surface area (Å²) in [5, 5.41) is 10.8. The topological polar surface area (TPSA) is 152 Å². The number of methoxy groups -OCH3 is 1. The van der Waals surface area contributed by atoms with Crippen LogP contribution in [0, 0.1) is 5.92 Å². The highest BCUT2D eigenvalue weighted by atomic mass is 16.6. The van der Waals surface area contributed by atoms with Crippen LogP contribution >= 0.6 is 0 Å². The summed E-state index contributed by atoms with van der Waals surface area (Å²) in [5.41, 5.74) is -1.74. The van der Waals surface area contributed by atoms with Crippen LogP contribution in [0.2, 0.25) is 0 Å². The molecule has 1 N–H and O–H groups in total. The summed E-state index contributed by atoms with van der Waals surface area (Å²) in [6, 6.07) is 0. The molecule has 0 amide bonds. The standard InChI is InChI=1S/C25H32O11/c1-12-9-8-10-17(23(29)32-7)20(34-16(5)27)21(19-13(2)22(28)35-18(19)11-12)36-24(30)25(6,31)14(3)33-15(4)26/h10-11,14,18-21,31H,2,8-9H2,1,3-7H3/b12-11+,17-10+. The van der Waals surface area contributed by atoms with Crippen molar-refractivity contribution in [2.75, 3.05) is 7.11 Å². The summed E-state index contributed by atoms with van der Waals surface area (Å²) in [6.45, 7) is 10.1. The highest BCUT2D eigenvalue weighted by molar-refractivity contribution is 5.93. The zero-order valence-corrected chi connectivity index (χ0v) is 21.2. The van der Waals surface area contributed by atoms with Gasteiger partial charge in [-0.15, -0.1) is 0 Å². The minimum atomic E-state index is -2.34. The van der Waals surface area contributed by atoms with E-state index in [-0.39, 0.29) is 11.1 Å². The van der Waals surface area contributed by atoms with Gasteiger partial charge >= 0.3 is 29.8 Å². The lowest BCUT2D eigenvalue weighted by Gasteiger charge is -2.36. The van der Waals surface area contributed by atoms with Gasteiger partial charge in [0.25, 0.3) is 0 Å². The second-order valence-electron chi connectivity index (χ2n) is 8.92. The highest BCUT2D eigenvalue weighted by Crippen LogP contribution is 2.38. The minimum Gasteiger partial charge on any atom is -0.466 e. The molecule has 6 atom stereocenters. The van der Waals surface area contributed by atoms with Crippen molar-refractivity contribution in [1.29, 1.82) is 0 Å². The van der Waals surface area contributed by atoms with Gasteiger partial charge in [0.2, 0.25) is 0 Å². The number of allylic oxidation sites excluding steroid dienone is 2. The van der Waals surface area contributed by atoms with E-state index in [2.05, 4.69) is 6.58 Å². The van der Waals surface area contributed by atoms with E-state index in [1.807, 2.05) is 0 Å². The summed E-state index contributed by atoms with van der Waals surface area (Å²) in [5.74, 6) is -5.52. The van der Waals surface area contributed by atoms with E-state index in [4.69, 9.17) is 23.7 Å². The third-order valence-electron chi connectivity index (χ3n) is 6.08. The van der Waals surface area contributed by atoms with Gasteiger partial charge in [0.15, 0.2) is 17.8 Å². The Labute approximate surface area is 209 Å². The molecule has 1 fully saturated rings. The lowest BCUT2D eigenvalue weighted by atomic mass is 9.83. The Hall–Kier alpha value is -3.47. The van der Waals surface area contributed by atoms with Crippen LogP contribution < -0.4 is 0 Å². The van der Waals surface area contributed by atoms with Gasteiger partial charge in [-0.3, -0.25) is 9.59 Å². The molecule has 0 aromatic rings. The molecule has 2 rings (SSSR count). The number of hydrogen-bond acceptors (Lipinski definition) is 11. The fourth-order valence-corrected chi connectivity index (χ4v) is 3.96. The Morgan fingerprint density at radius 2 is 1.83 bits per heavy atom. The monoisotopic (exact) mass is 508 g/mol. The van der Waals surface area contributed by atoms with Crippen LogP contribution in [0.5, 0.6) is 0 Å². The number of carbonyl (C=O) groups excluding carboxylic acids is 5.